The van der Waals surface area contributed by atoms with Gasteiger partial charge in [-0.15, -0.1) is 0 Å². The number of nitrogen functional groups attached to an aromatic ring is 1. The molecule has 2 aromatic rings. The average Bonchev–Trinajstić information content (AvgIpc) is 2.42. The van der Waals surface area contributed by atoms with Crippen LogP contribution in [0.25, 0.3) is 0 Å². The smallest absolute Gasteiger partial charge is 0.338 e. The second-order valence-corrected chi connectivity index (χ2v) is 4.55. The van der Waals surface area contributed by atoms with Gasteiger partial charge in [-0.1, -0.05) is 6.07 Å². The zero-order valence-electron chi connectivity index (χ0n) is 11.6. The molecule has 0 bridgehead atoms. The molecule has 4 N–H and O–H groups in total. The fourth-order valence-corrected chi connectivity index (χ4v) is 1.93. The molecule has 0 aliphatic rings. The van der Waals surface area contributed by atoms with Gasteiger partial charge in [0.05, 0.1) is 29.7 Å². The summed E-state index contributed by atoms with van der Waals surface area (Å²) in [4.78, 5) is 10.9. The van der Waals surface area contributed by atoms with Crippen LogP contribution in [-0.2, 0) is 0 Å². The van der Waals surface area contributed by atoms with Gasteiger partial charge < -0.3 is 20.9 Å². The Morgan fingerprint density at radius 2 is 2.00 bits per heavy atom. The number of ether oxygens (including phenoxy) is 1. The highest BCUT2D eigenvalue weighted by atomic mass is 19.1. The average molecular weight is 290 g/mol. The van der Waals surface area contributed by atoms with Crippen LogP contribution in [0.5, 0.6) is 5.75 Å². The Hall–Kier alpha value is -2.76. The van der Waals surface area contributed by atoms with Crippen molar-refractivity contribution in [3.8, 4) is 5.75 Å². The molecule has 0 radical (unpaired) electrons. The largest absolute Gasteiger partial charge is 0.495 e. The monoisotopic (exact) mass is 290 g/mol. The summed E-state index contributed by atoms with van der Waals surface area (Å²) in [5.41, 5.74) is 7.33. The molecule has 0 saturated heterocycles. The number of benzene rings is 2. The number of carboxylic acid groups (broad SMARTS) is 1. The summed E-state index contributed by atoms with van der Waals surface area (Å²) in [5.74, 6) is -1.65. The molecule has 0 unspecified atom stereocenters. The van der Waals surface area contributed by atoms with Crippen LogP contribution in [0.1, 0.15) is 15.9 Å². The first-order valence-electron chi connectivity index (χ1n) is 6.16. The van der Waals surface area contributed by atoms with Crippen LogP contribution in [0, 0.1) is 12.7 Å². The predicted molar refractivity (Wildman–Crippen MR) is 78.8 cm³/mol. The third-order valence-electron chi connectivity index (χ3n) is 2.99. The van der Waals surface area contributed by atoms with E-state index >= 15 is 0 Å². The van der Waals surface area contributed by atoms with E-state index in [1.807, 2.05) is 19.1 Å². The van der Waals surface area contributed by atoms with Crippen molar-refractivity contribution in [3.05, 3.63) is 47.3 Å². The van der Waals surface area contributed by atoms with Crippen molar-refractivity contribution in [2.24, 2.45) is 0 Å². The van der Waals surface area contributed by atoms with Crippen LogP contribution >= 0.6 is 0 Å². The lowest BCUT2D eigenvalue weighted by Crippen LogP contribution is -2.05. The number of anilines is 3. The summed E-state index contributed by atoms with van der Waals surface area (Å²) in [5, 5.41) is 11.8. The normalized spacial score (nSPS) is 10.2. The molecule has 0 amide bonds. The summed E-state index contributed by atoms with van der Waals surface area (Å²) in [7, 11) is 1.52. The molecule has 0 heterocycles. The van der Waals surface area contributed by atoms with Crippen molar-refractivity contribution in [1.29, 1.82) is 0 Å². The first-order chi connectivity index (χ1) is 9.92. The fraction of sp³-hybridized carbons (Fsp3) is 0.133. The minimum absolute atomic E-state index is 0.136. The van der Waals surface area contributed by atoms with Gasteiger partial charge in [-0.2, -0.15) is 0 Å². The van der Waals surface area contributed by atoms with E-state index < -0.39 is 17.3 Å². The Kier molecular flexibility index (Phi) is 3.98. The zero-order chi connectivity index (χ0) is 15.6. The summed E-state index contributed by atoms with van der Waals surface area (Å²) in [6.45, 7) is 1.90. The molecule has 0 spiro atoms. The first-order valence-corrected chi connectivity index (χ1v) is 6.16. The van der Waals surface area contributed by atoms with E-state index in [9.17, 15) is 9.18 Å². The molecule has 2 aromatic carbocycles. The molecular weight excluding hydrogens is 275 g/mol. The highest BCUT2D eigenvalue weighted by molar-refractivity contribution is 5.91. The van der Waals surface area contributed by atoms with Crippen LogP contribution < -0.4 is 15.8 Å². The molecule has 110 valence electrons. The second kappa shape index (κ2) is 5.70. The molecule has 0 aliphatic carbocycles. The van der Waals surface area contributed by atoms with Gasteiger partial charge in [-0.3, -0.25) is 0 Å². The molecule has 0 saturated carbocycles. The number of nitrogens with two attached hydrogens (primary N) is 1. The number of carbonyl (C=O) groups is 1. The Labute approximate surface area is 121 Å². The van der Waals surface area contributed by atoms with Crippen molar-refractivity contribution in [1.82, 2.24) is 0 Å². The molecule has 0 fully saturated rings. The number of rotatable bonds is 4. The van der Waals surface area contributed by atoms with Gasteiger partial charge >= 0.3 is 5.97 Å². The van der Waals surface area contributed by atoms with E-state index in [4.69, 9.17) is 15.6 Å². The second-order valence-electron chi connectivity index (χ2n) is 4.55. The van der Waals surface area contributed by atoms with Crippen LogP contribution in [0.4, 0.5) is 21.5 Å². The summed E-state index contributed by atoms with van der Waals surface area (Å²) in [6, 6.07) is 7.61. The number of nitrogens with one attached hydrogen (secondary N) is 1. The molecule has 0 aromatic heterocycles. The fourth-order valence-electron chi connectivity index (χ4n) is 1.93. The summed E-state index contributed by atoms with van der Waals surface area (Å²) in [6.07, 6.45) is 0. The molecular formula is C15H15FN2O3. The Bertz CT molecular complexity index is 702. The lowest BCUT2D eigenvalue weighted by atomic mass is 10.1. The van der Waals surface area contributed by atoms with Crippen molar-refractivity contribution < 1.29 is 19.0 Å². The maximum Gasteiger partial charge on any atom is 0.338 e. The zero-order valence-corrected chi connectivity index (χ0v) is 11.6. The molecule has 21 heavy (non-hydrogen) atoms. The van der Waals surface area contributed by atoms with E-state index in [0.29, 0.717) is 11.4 Å². The number of carboxylic acids is 1. The third kappa shape index (κ3) is 3.05. The highest BCUT2D eigenvalue weighted by Crippen LogP contribution is 2.32. The van der Waals surface area contributed by atoms with E-state index in [1.165, 1.54) is 7.11 Å². The van der Waals surface area contributed by atoms with Gasteiger partial charge in [0, 0.05) is 6.07 Å². The van der Waals surface area contributed by atoms with Crippen molar-refractivity contribution >= 4 is 23.0 Å². The molecule has 6 heteroatoms. The Morgan fingerprint density at radius 3 is 2.62 bits per heavy atom. The lowest BCUT2D eigenvalue weighted by Gasteiger charge is -2.14. The van der Waals surface area contributed by atoms with E-state index in [2.05, 4.69) is 5.32 Å². The van der Waals surface area contributed by atoms with Crippen LogP contribution in [0.2, 0.25) is 0 Å². The van der Waals surface area contributed by atoms with Crippen LogP contribution in [0.15, 0.2) is 30.3 Å². The predicted octanol–water partition coefficient (Wildman–Crippen LogP) is 3.17. The number of methoxy groups -OCH3 is 1. The number of halogens is 1. The Morgan fingerprint density at radius 1 is 1.29 bits per heavy atom. The molecule has 5 nitrogen and oxygen atoms in total. The van der Waals surface area contributed by atoms with E-state index in [1.54, 1.807) is 6.07 Å². The molecule has 0 aliphatic heterocycles. The minimum atomic E-state index is -1.36. The highest BCUT2D eigenvalue weighted by Gasteiger charge is 2.14. The summed E-state index contributed by atoms with van der Waals surface area (Å²) < 4.78 is 19.0. The van der Waals surface area contributed by atoms with Gasteiger partial charge in [0.25, 0.3) is 0 Å². The van der Waals surface area contributed by atoms with Crippen molar-refractivity contribution in [2.75, 3.05) is 18.2 Å². The number of hydrogen-bond donors (Lipinski definition) is 3. The summed E-state index contributed by atoms with van der Waals surface area (Å²) >= 11 is 0. The van der Waals surface area contributed by atoms with Crippen LogP contribution in [-0.4, -0.2) is 18.2 Å². The first kappa shape index (κ1) is 14.6. The van der Waals surface area contributed by atoms with Crippen LogP contribution in [0.3, 0.4) is 0 Å². The van der Waals surface area contributed by atoms with Gasteiger partial charge in [0.2, 0.25) is 0 Å². The Balaban J connectivity index is 2.43. The standard InChI is InChI=1S/C15H15FN2O3/c1-8-3-4-14(21-2)13(5-8)18-12-7-10(16)9(15(19)20)6-11(12)17/h3-7,18H,17H2,1-2H3,(H,19,20). The van der Waals surface area contributed by atoms with Gasteiger partial charge in [0.15, 0.2) is 0 Å². The topological polar surface area (TPSA) is 84.6 Å². The van der Waals surface area contributed by atoms with Gasteiger partial charge in [-0.05, 0) is 30.7 Å². The van der Waals surface area contributed by atoms with E-state index in [-0.39, 0.29) is 11.4 Å². The SMILES string of the molecule is COc1ccc(C)cc1Nc1cc(F)c(C(=O)O)cc1N. The van der Waals surface area contributed by atoms with Gasteiger partial charge in [0.1, 0.15) is 11.6 Å². The van der Waals surface area contributed by atoms with Crippen molar-refractivity contribution in [2.45, 2.75) is 6.92 Å². The number of aryl methyl sites for hydroxylation is 1. The van der Waals surface area contributed by atoms with Crippen molar-refractivity contribution in [3.63, 3.8) is 0 Å². The lowest BCUT2D eigenvalue weighted by molar-refractivity contribution is 0.0692. The number of hydrogen-bond acceptors (Lipinski definition) is 4. The quantitative estimate of drug-likeness (QED) is 0.753. The molecule has 2 rings (SSSR count). The molecule has 0 atom stereocenters. The number of aromatic carboxylic acids is 1. The maximum atomic E-state index is 13.7. The maximum absolute atomic E-state index is 13.7. The minimum Gasteiger partial charge on any atom is -0.495 e. The third-order valence-corrected chi connectivity index (χ3v) is 2.99. The van der Waals surface area contributed by atoms with E-state index in [0.717, 1.165) is 17.7 Å². The van der Waals surface area contributed by atoms with Gasteiger partial charge in [-0.25, -0.2) is 9.18 Å².